The fourth-order valence-electron chi connectivity index (χ4n) is 2.76. The van der Waals surface area contributed by atoms with E-state index in [2.05, 4.69) is 14.6 Å². The number of hydrogen-bond donors (Lipinski definition) is 1. The minimum atomic E-state index is -3.17. The van der Waals surface area contributed by atoms with Crippen LogP contribution in [-0.4, -0.2) is 38.8 Å². The lowest BCUT2D eigenvalue weighted by Gasteiger charge is -2.20. The van der Waals surface area contributed by atoms with E-state index in [0.29, 0.717) is 11.6 Å². The molecule has 21 heavy (non-hydrogen) atoms. The van der Waals surface area contributed by atoms with Crippen molar-refractivity contribution < 1.29 is 8.42 Å². The van der Waals surface area contributed by atoms with Crippen molar-refractivity contribution in [1.29, 1.82) is 0 Å². The number of nitrogens with one attached hydrogen (secondary N) is 1. The van der Waals surface area contributed by atoms with Crippen LogP contribution in [0.4, 0.5) is 5.69 Å². The van der Waals surface area contributed by atoms with Gasteiger partial charge in [-0.2, -0.15) is 0 Å². The van der Waals surface area contributed by atoms with Crippen LogP contribution in [0.1, 0.15) is 6.42 Å². The maximum atomic E-state index is 11.3. The molecule has 0 aliphatic carbocycles. The number of anilines is 1. The molecule has 1 fully saturated rings. The Balaban J connectivity index is 1.90. The molecule has 1 atom stereocenters. The van der Waals surface area contributed by atoms with E-state index in [9.17, 15) is 8.42 Å². The summed E-state index contributed by atoms with van der Waals surface area (Å²) in [5.41, 5.74) is 1.93. The van der Waals surface area contributed by atoms with Crippen molar-refractivity contribution in [1.82, 2.24) is 9.71 Å². The zero-order valence-electron chi connectivity index (χ0n) is 11.6. The zero-order valence-corrected chi connectivity index (χ0v) is 13.2. The highest BCUT2D eigenvalue weighted by Gasteiger charge is 2.26. The molecule has 1 unspecified atom stereocenters. The largest absolute Gasteiger partial charge is 0.369 e. The Bertz CT molecular complexity index is 779. The van der Waals surface area contributed by atoms with E-state index in [4.69, 9.17) is 11.6 Å². The van der Waals surface area contributed by atoms with E-state index in [-0.39, 0.29) is 6.04 Å². The van der Waals surface area contributed by atoms with Crippen molar-refractivity contribution in [3.05, 3.63) is 35.5 Å². The molecule has 1 aromatic carbocycles. The second-order valence-electron chi connectivity index (χ2n) is 5.31. The fourth-order valence-corrected chi connectivity index (χ4v) is 3.73. The van der Waals surface area contributed by atoms with E-state index in [1.165, 1.54) is 6.26 Å². The lowest BCUT2D eigenvalue weighted by atomic mass is 10.2. The molecule has 5 nitrogen and oxygen atoms in total. The molecule has 0 spiro atoms. The standard InChI is InChI=1S/C14H16ClN3O2S/c1-21(19,20)17-11-5-7-18(9-11)14-4-6-16-13-3-2-10(15)8-12(13)14/h2-4,6,8,11,17H,5,7,9H2,1H3. The molecule has 0 amide bonds. The summed E-state index contributed by atoms with van der Waals surface area (Å²) in [6.07, 6.45) is 3.75. The fraction of sp³-hybridized carbons (Fsp3) is 0.357. The molecular weight excluding hydrogens is 310 g/mol. The van der Waals surface area contributed by atoms with Crippen molar-refractivity contribution in [2.75, 3.05) is 24.2 Å². The Kier molecular flexibility index (Phi) is 3.77. The maximum Gasteiger partial charge on any atom is 0.209 e. The highest BCUT2D eigenvalue weighted by molar-refractivity contribution is 7.88. The smallest absolute Gasteiger partial charge is 0.209 e. The summed E-state index contributed by atoms with van der Waals surface area (Å²) >= 11 is 6.08. The van der Waals surface area contributed by atoms with Crippen LogP contribution in [0.15, 0.2) is 30.5 Å². The molecule has 3 rings (SSSR count). The molecule has 7 heteroatoms. The third-order valence-electron chi connectivity index (χ3n) is 3.59. The first-order valence-corrected chi connectivity index (χ1v) is 8.96. The quantitative estimate of drug-likeness (QED) is 0.937. The molecule has 1 aromatic heterocycles. The van der Waals surface area contributed by atoms with Gasteiger partial charge in [-0.3, -0.25) is 4.98 Å². The summed E-state index contributed by atoms with van der Waals surface area (Å²) in [6.45, 7) is 1.46. The lowest BCUT2D eigenvalue weighted by Crippen LogP contribution is -2.36. The highest BCUT2D eigenvalue weighted by atomic mass is 35.5. The number of halogens is 1. The van der Waals surface area contributed by atoms with Crippen LogP contribution in [0.3, 0.4) is 0 Å². The summed E-state index contributed by atoms with van der Waals surface area (Å²) < 4.78 is 25.3. The number of aromatic nitrogens is 1. The third kappa shape index (κ3) is 3.28. The summed E-state index contributed by atoms with van der Waals surface area (Å²) in [6, 6.07) is 7.50. The molecule has 0 saturated carbocycles. The molecule has 0 radical (unpaired) electrons. The van der Waals surface area contributed by atoms with E-state index in [1.54, 1.807) is 6.20 Å². The van der Waals surface area contributed by atoms with Crippen LogP contribution in [0.25, 0.3) is 10.9 Å². The normalized spacial score (nSPS) is 19.3. The Morgan fingerprint density at radius 2 is 2.19 bits per heavy atom. The lowest BCUT2D eigenvalue weighted by molar-refractivity contribution is 0.567. The van der Waals surface area contributed by atoms with Gasteiger partial charge in [0.2, 0.25) is 10.0 Å². The second kappa shape index (κ2) is 5.44. The van der Waals surface area contributed by atoms with E-state index < -0.39 is 10.0 Å². The Hall–Kier alpha value is -1.37. The zero-order chi connectivity index (χ0) is 15.0. The SMILES string of the molecule is CS(=O)(=O)NC1CCN(c2ccnc3ccc(Cl)cc23)C1. The van der Waals surface area contributed by atoms with E-state index in [1.807, 2.05) is 24.3 Å². The van der Waals surface area contributed by atoms with E-state index >= 15 is 0 Å². The minimum Gasteiger partial charge on any atom is -0.369 e. The summed E-state index contributed by atoms with van der Waals surface area (Å²) in [5, 5.41) is 1.66. The first-order valence-electron chi connectivity index (χ1n) is 6.69. The minimum absolute atomic E-state index is 0.0533. The van der Waals surface area contributed by atoms with Gasteiger partial charge >= 0.3 is 0 Å². The van der Waals surface area contributed by atoms with Crippen molar-refractivity contribution in [3.63, 3.8) is 0 Å². The molecule has 2 aromatic rings. The van der Waals surface area contributed by atoms with Crippen molar-refractivity contribution in [2.45, 2.75) is 12.5 Å². The van der Waals surface area contributed by atoms with E-state index in [0.717, 1.165) is 29.6 Å². The van der Waals surface area contributed by atoms with Gasteiger partial charge in [-0.15, -0.1) is 0 Å². The predicted octanol–water partition coefficient (Wildman–Crippen LogP) is 2.02. The summed E-state index contributed by atoms with van der Waals surface area (Å²) in [7, 11) is -3.17. The van der Waals surface area contributed by atoms with Gasteiger partial charge in [-0.1, -0.05) is 11.6 Å². The molecule has 1 N–H and O–H groups in total. The molecular formula is C14H16ClN3O2S. The highest BCUT2D eigenvalue weighted by Crippen LogP contribution is 2.30. The van der Waals surface area contributed by atoms with Crippen LogP contribution < -0.4 is 9.62 Å². The number of rotatable bonds is 3. The molecule has 1 aliphatic rings. The van der Waals surface area contributed by atoms with Gasteiger partial charge in [0.15, 0.2) is 0 Å². The Morgan fingerprint density at radius 3 is 2.95 bits per heavy atom. The number of benzene rings is 1. The number of sulfonamides is 1. The van der Waals surface area contributed by atoms with Crippen LogP contribution in [0.5, 0.6) is 0 Å². The number of pyridine rings is 1. The van der Waals surface area contributed by atoms with Gasteiger partial charge in [0.05, 0.1) is 11.8 Å². The number of nitrogens with zero attached hydrogens (tertiary/aromatic N) is 2. The average Bonchev–Trinajstić information content (AvgIpc) is 2.84. The van der Waals surface area contributed by atoms with Gasteiger partial charge in [0, 0.05) is 41.4 Å². The number of hydrogen-bond acceptors (Lipinski definition) is 4. The predicted molar refractivity (Wildman–Crippen MR) is 85.4 cm³/mol. The van der Waals surface area contributed by atoms with Crippen LogP contribution >= 0.6 is 11.6 Å². The van der Waals surface area contributed by atoms with Crippen molar-refractivity contribution in [2.24, 2.45) is 0 Å². The van der Waals surface area contributed by atoms with Gasteiger partial charge in [-0.25, -0.2) is 13.1 Å². The Morgan fingerprint density at radius 1 is 1.38 bits per heavy atom. The van der Waals surface area contributed by atoms with Crippen LogP contribution in [-0.2, 0) is 10.0 Å². The third-order valence-corrected chi connectivity index (χ3v) is 4.59. The molecule has 2 heterocycles. The monoisotopic (exact) mass is 325 g/mol. The first-order chi connectivity index (χ1) is 9.92. The van der Waals surface area contributed by atoms with Crippen LogP contribution in [0.2, 0.25) is 5.02 Å². The summed E-state index contributed by atoms with van der Waals surface area (Å²) in [5.74, 6) is 0. The Labute approximate surface area is 129 Å². The van der Waals surface area contributed by atoms with Crippen LogP contribution in [0, 0.1) is 0 Å². The van der Waals surface area contributed by atoms with Crippen molar-refractivity contribution in [3.8, 4) is 0 Å². The molecule has 0 bridgehead atoms. The number of fused-ring (bicyclic) bond motifs is 1. The maximum absolute atomic E-state index is 11.3. The van der Waals surface area contributed by atoms with Gasteiger partial charge in [0.25, 0.3) is 0 Å². The molecule has 1 aliphatic heterocycles. The summed E-state index contributed by atoms with van der Waals surface area (Å²) in [4.78, 5) is 6.51. The first kappa shape index (κ1) is 14.6. The van der Waals surface area contributed by atoms with Gasteiger partial charge in [0.1, 0.15) is 0 Å². The average molecular weight is 326 g/mol. The topological polar surface area (TPSA) is 62.3 Å². The van der Waals surface area contributed by atoms with Crippen molar-refractivity contribution >= 4 is 38.2 Å². The molecule has 112 valence electrons. The molecule has 1 saturated heterocycles. The second-order valence-corrected chi connectivity index (χ2v) is 7.53. The van der Waals surface area contributed by atoms with Gasteiger partial charge < -0.3 is 4.90 Å². The van der Waals surface area contributed by atoms with Gasteiger partial charge in [-0.05, 0) is 30.7 Å².